The predicted octanol–water partition coefficient (Wildman–Crippen LogP) is 2.40. The highest BCUT2D eigenvalue weighted by Crippen LogP contribution is 2.09. The Morgan fingerprint density at radius 3 is 2.57 bits per heavy atom. The third-order valence-electron chi connectivity index (χ3n) is 3.16. The maximum absolute atomic E-state index is 11.9. The van der Waals surface area contributed by atoms with E-state index >= 15 is 0 Å². The van der Waals surface area contributed by atoms with Crippen molar-refractivity contribution in [2.24, 2.45) is 0 Å². The molecule has 110 valence electrons. The summed E-state index contributed by atoms with van der Waals surface area (Å²) in [6, 6.07) is 10.2. The Morgan fingerprint density at radius 1 is 1.29 bits per heavy atom. The van der Waals surface area contributed by atoms with Crippen LogP contribution in [-0.2, 0) is 11.2 Å². The molecule has 1 heterocycles. The molecule has 1 unspecified atom stereocenters. The van der Waals surface area contributed by atoms with Crippen molar-refractivity contribution in [2.45, 2.75) is 25.8 Å². The highest BCUT2D eigenvalue weighted by Gasteiger charge is 2.21. The van der Waals surface area contributed by atoms with Crippen LogP contribution in [0.2, 0.25) is 0 Å². The molecule has 0 bridgehead atoms. The maximum atomic E-state index is 11.9. The van der Waals surface area contributed by atoms with Gasteiger partial charge in [0.25, 0.3) is 5.91 Å². The summed E-state index contributed by atoms with van der Waals surface area (Å²) in [7, 11) is 0. The number of hydrogen-bond acceptors (Lipinski definition) is 3. The fraction of sp³-hybridized carbons (Fsp3) is 0.250. The van der Waals surface area contributed by atoms with Crippen molar-refractivity contribution in [1.82, 2.24) is 5.32 Å². The molecule has 0 fully saturated rings. The molecule has 0 radical (unpaired) electrons. The first-order chi connectivity index (χ1) is 10.1. The molecule has 1 atom stereocenters. The highest BCUT2D eigenvalue weighted by molar-refractivity contribution is 5.96. The van der Waals surface area contributed by atoms with Gasteiger partial charge in [0.1, 0.15) is 18.1 Å². The summed E-state index contributed by atoms with van der Waals surface area (Å²) in [6.45, 7) is 1.72. The van der Waals surface area contributed by atoms with Gasteiger partial charge in [-0.25, -0.2) is 4.79 Å². The summed E-state index contributed by atoms with van der Waals surface area (Å²) in [5.41, 5.74) is 1.37. The van der Waals surface area contributed by atoms with Crippen LogP contribution in [0.15, 0.2) is 47.1 Å². The van der Waals surface area contributed by atoms with E-state index in [1.165, 1.54) is 6.26 Å². The molecule has 2 aromatic rings. The fourth-order valence-electron chi connectivity index (χ4n) is 2.02. The van der Waals surface area contributed by atoms with Crippen LogP contribution in [0, 0.1) is 6.92 Å². The van der Waals surface area contributed by atoms with E-state index in [2.05, 4.69) is 5.32 Å². The maximum Gasteiger partial charge on any atom is 0.326 e. The monoisotopic (exact) mass is 287 g/mol. The van der Waals surface area contributed by atoms with Crippen LogP contribution in [0.1, 0.15) is 28.1 Å². The number of nitrogens with one attached hydrogen (secondary N) is 1. The number of aryl methyl sites for hydroxylation is 2. The number of rotatable bonds is 6. The van der Waals surface area contributed by atoms with Crippen molar-refractivity contribution in [2.75, 3.05) is 0 Å². The van der Waals surface area contributed by atoms with Crippen LogP contribution in [0.4, 0.5) is 0 Å². The van der Waals surface area contributed by atoms with Gasteiger partial charge in [-0.05, 0) is 31.4 Å². The zero-order valence-corrected chi connectivity index (χ0v) is 11.7. The number of carbonyl (C=O) groups excluding carboxylic acids is 1. The molecule has 2 N–H and O–H groups in total. The van der Waals surface area contributed by atoms with Crippen LogP contribution in [0.5, 0.6) is 0 Å². The van der Waals surface area contributed by atoms with Crippen LogP contribution in [0.25, 0.3) is 0 Å². The quantitative estimate of drug-likeness (QED) is 0.855. The number of aliphatic carboxylic acids is 1. The van der Waals surface area contributed by atoms with Crippen molar-refractivity contribution in [1.29, 1.82) is 0 Å². The molecule has 1 aromatic heterocycles. The third-order valence-corrected chi connectivity index (χ3v) is 3.16. The molecule has 0 aliphatic heterocycles. The molecule has 0 aliphatic carbocycles. The Hall–Kier alpha value is -2.56. The Labute approximate surface area is 122 Å². The topological polar surface area (TPSA) is 79.5 Å². The summed E-state index contributed by atoms with van der Waals surface area (Å²) in [6.07, 6.45) is 2.24. The Kier molecular flexibility index (Phi) is 4.77. The lowest BCUT2D eigenvalue weighted by Crippen LogP contribution is -2.41. The zero-order chi connectivity index (χ0) is 15.2. The van der Waals surface area contributed by atoms with Crippen LogP contribution in [0.3, 0.4) is 0 Å². The molecule has 0 saturated carbocycles. The highest BCUT2D eigenvalue weighted by atomic mass is 16.4. The van der Waals surface area contributed by atoms with Gasteiger partial charge in [0.2, 0.25) is 0 Å². The third kappa shape index (κ3) is 4.21. The molecule has 0 saturated heterocycles. The lowest BCUT2D eigenvalue weighted by molar-refractivity contribution is -0.139. The molecule has 2 rings (SSSR count). The van der Waals surface area contributed by atoms with E-state index in [9.17, 15) is 14.7 Å². The molecule has 5 heteroatoms. The number of benzene rings is 1. The van der Waals surface area contributed by atoms with Gasteiger partial charge in [-0.15, -0.1) is 0 Å². The first-order valence-corrected chi connectivity index (χ1v) is 6.69. The standard InChI is InChI=1S/C16H17NO4/c1-11-9-13(10-21-11)15(18)17-14(16(19)20)8-7-12-5-3-2-4-6-12/h2-6,9-10,14H,7-8H2,1H3,(H,17,18)(H,19,20). The minimum Gasteiger partial charge on any atom is -0.480 e. The first-order valence-electron chi connectivity index (χ1n) is 6.69. The minimum absolute atomic E-state index is 0.332. The van der Waals surface area contributed by atoms with Gasteiger partial charge in [-0.1, -0.05) is 30.3 Å². The summed E-state index contributed by atoms with van der Waals surface area (Å²) in [5, 5.41) is 11.7. The van der Waals surface area contributed by atoms with Gasteiger partial charge in [0.15, 0.2) is 0 Å². The van der Waals surface area contributed by atoms with Gasteiger partial charge in [-0.3, -0.25) is 4.79 Å². The Balaban J connectivity index is 1.96. The minimum atomic E-state index is -1.04. The molecule has 1 amide bonds. The smallest absolute Gasteiger partial charge is 0.326 e. The van der Waals surface area contributed by atoms with E-state index in [0.717, 1.165) is 5.56 Å². The lowest BCUT2D eigenvalue weighted by atomic mass is 10.1. The molecule has 5 nitrogen and oxygen atoms in total. The number of furan rings is 1. The van der Waals surface area contributed by atoms with Crippen LogP contribution >= 0.6 is 0 Å². The van der Waals surface area contributed by atoms with Crippen LogP contribution in [-0.4, -0.2) is 23.0 Å². The fourth-order valence-corrected chi connectivity index (χ4v) is 2.02. The average molecular weight is 287 g/mol. The number of carboxylic acids is 1. The lowest BCUT2D eigenvalue weighted by Gasteiger charge is -2.13. The molecule has 0 aliphatic rings. The zero-order valence-electron chi connectivity index (χ0n) is 11.7. The normalized spacial score (nSPS) is 11.9. The number of hydrogen-bond donors (Lipinski definition) is 2. The Morgan fingerprint density at radius 2 is 2.00 bits per heavy atom. The van der Waals surface area contributed by atoms with Crippen LogP contribution < -0.4 is 5.32 Å². The summed E-state index contributed by atoms with van der Waals surface area (Å²) in [5.74, 6) is -0.872. The number of carboxylic acid groups (broad SMARTS) is 1. The van der Waals surface area contributed by atoms with Crippen molar-refractivity contribution < 1.29 is 19.1 Å². The second-order valence-corrected chi connectivity index (χ2v) is 4.83. The summed E-state index contributed by atoms with van der Waals surface area (Å²) < 4.78 is 5.05. The summed E-state index contributed by atoms with van der Waals surface area (Å²) in [4.78, 5) is 23.2. The van der Waals surface area contributed by atoms with Gasteiger partial charge >= 0.3 is 5.97 Å². The summed E-state index contributed by atoms with van der Waals surface area (Å²) >= 11 is 0. The van der Waals surface area contributed by atoms with Crippen molar-refractivity contribution in [3.05, 3.63) is 59.5 Å². The Bertz CT molecular complexity index is 618. The van der Waals surface area contributed by atoms with E-state index < -0.39 is 17.9 Å². The molecule has 0 spiro atoms. The molecule has 1 aromatic carbocycles. The van der Waals surface area contributed by atoms with Gasteiger partial charge in [0, 0.05) is 0 Å². The van der Waals surface area contributed by atoms with Gasteiger partial charge in [-0.2, -0.15) is 0 Å². The first kappa shape index (κ1) is 14.8. The van der Waals surface area contributed by atoms with E-state index in [-0.39, 0.29) is 0 Å². The second kappa shape index (κ2) is 6.74. The largest absolute Gasteiger partial charge is 0.480 e. The van der Waals surface area contributed by atoms with E-state index in [0.29, 0.717) is 24.2 Å². The van der Waals surface area contributed by atoms with Crippen molar-refractivity contribution in [3.8, 4) is 0 Å². The molecular formula is C16H17NO4. The van der Waals surface area contributed by atoms with Crippen molar-refractivity contribution in [3.63, 3.8) is 0 Å². The molecule has 21 heavy (non-hydrogen) atoms. The average Bonchev–Trinajstić information content (AvgIpc) is 2.90. The van der Waals surface area contributed by atoms with E-state index in [1.807, 2.05) is 30.3 Å². The van der Waals surface area contributed by atoms with Gasteiger partial charge < -0.3 is 14.8 Å². The van der Waals surface area contributed by atoms with Crippen molar-refractivity contribution >= 4 is 11.9 Å². The number of amides is 1. The van der Waals surface area contributed by atoms with E-state index in [1.54, 1.807) is 13.0 Å². The predicted molar refractivity (Wildman–Crippen MR) is 77.1 cm³/mol. The second-order valence-electron chi connectivity index (χ2n) is 4.83. The number of carbonyl (C=O) groups is 2. The SMILES string of the molecule is Cc1cc(C(=O)NC(CCc2ccccc2)C(=O)O)co1. The molecular weight excluding hydrogens is 270 g/mol. The van der Waals surface area contributed by atoms with E-state index in [4.69, 9.17) is 4.42 Å². The van der Waals surface area contributed by atoms with Gasteiger partial charge in [0.05, 0.1) is 5.56 Å².